The van der Waals surface area contributed by atoms with Gasteiger partial charge in [0.05, 0.1) is 34.3 Å². The van der Waals surface area contributed by atoms with Crippen molar-refractivity contribution in [2.24, 2.45) is 7.05 Å². The van der Waals surface area contributed by atoms with E-state index in [1.807, 2.05) is 0 Å². The van der Waals surface area contributed by atoms with Gasteiger partial charge in [0.15, 0.2) is 5.65 Å². The predicted molar refractivity (Wildman–Crippen MR) is 115 cm³/mol. The summed E-state index contributed by atoms with van der Waals surface area (Å²) in [5, 5.41) is 23.1. The van der Waals surface area contributed by atoms with E-state index < -0.39 is 29.2 Å². The number of carbonyl (C=O) groups excluding carboxylic acids is 1. The van der Waals surface area contributed by atoms with E-state index in [1.165, 1.54) is 30.5 Å². The zero-order chi connectivity index (χ0) is 23.9. The standard InChI is InChI=1S/C21H20ClF2N7O2/c1-11-17-18(22)14(7-26-19(17)30(3)29-11)20(32)28-12(2)21(33,8-31-10-25-9-27-31)15-5-4-13(23)6-16(15)24/h4-7,9-10,12,33H,8H2,1-3H3,(H,28,32)/t12-,21+/m0/s1. The van der Waals surface area contributed by atoms with Gasteiger partial charge in [-0.25, -0.2) is 23.4 Å². The normalized spacial score (nSPS) is 14.3. The summed E-state index contributed by atoms with van der Waals surface area (Å²) in [4.78, 5) is 21.2. The smallest absolute Gasteiger partial charge is 0.254 e. The number of amides is 1. The van der Waals surface area contributed by atoms with Crippen LogP contribution in [0, 0.1) is 18.6 Å². The summed E-state index contributed by atoms with van der Waals surface area (Å²) in [6.07, 6.45) is 3.89. The first kappa shape index (κ1) is 22.7. The molecule has 0 saturated heterocycles. The van der Waals surface area contributed by atoms with E-state index in [-0.39, 0.29) is 22.7 Å². The van der Waals surface area contributed by atoms with Gasteiger partial charge in [0.2, 0.25) is 0 Å². The monoisotopic (exact) mass is 475 g/mol. The molecule has 4 aromatic rings. The lowest BCUT2D eigenvalue weighted by atomic mass is 9.86. The molecule has 0 bridgehead atoms. The highest BCUT2D eigenvalue weighted by Gasteiger charge is 2.40. The number of pyridine rings is 1. The molecule has 2 atom stereocenters. The molecule has 1 aromatic carbocycles. The van der Waals surface area contributed by atoms with Crippen LogP contribution in [0.15, 0.2) is 37.1 Å². The van der Waals surface area contributed by atoms with Gasteiger partial charge in [-0.3, -0.25) is 9.48 Å². The van der Waals surface area contributed by atoms with Crippen molar-refractivity contribution in [2.45, 2.75) is 32.0 Å². The first-order chi connectivity index (χ1) is 15.6. The maximum atomic E-state index is 14.7. The minimum atomic E-state index is -2.00. The van der Waals surface area contributed by atoms with Crippen LogP contribution in [-0.4, -0.2) is 46.6 Å². The van der Waals surface area contributed by atoms with E-state index in [1.54, 1.807) is 18.7 Å². The first-order valence-corrected chi connectivity index (χ1v) is 10.3. The van der Waals surface area contributed by atoms with Crippen molar-refractivity contribution in [1.82, 2.24) is 34.8 Å². The zero-order valence-electron chi connectivity index (χ0n) is 17.9. The Kier molecular flexibility index (Phi) is 5.85. The average Bonchev–Trinajstić information content (AvgIpc) is 3.35. The summed E-state index contributed by atoms with van der Waals surface area (Å²) in [7, 11) is 1.71. The van der Waals surface area contributed by atoms with Crippen molar-refractivity contribution in [3.8, 4) is 0 Å². The molecule has 33 heavy (non-hydrogen) atoms. The summed E-state index contributed by atoms with van der Waals surface area (Å²) in [6.45, 7) is 2.98. The van der Waals surface area contributed by atoms with Gasteiger partial charge in [-0.1, -0.05) is 17.7 Å². The van der Waals surface area contributed by atoms with Gasteiger partial charge in [-0.05, 0) is 19.9 Å². The number of aliphatic hydroxyl groups is 1. The third kappa shape index (κ3) is 4.05. The quantitative estimate of drug-likeness (QED) is 0.443. The molecule has 0 saturated carbocycles. The van der Waals surface area contributed by atoms with Gasteiger partial charge < -0.3 is 10.4 Å². The summed E-state index contributed by atoms with van der Waals surface area (Å²) in [5.41, 5.74) is -1.04. The molecule has 1 amide bonds. The Morgan fingerprint density at radius 3 is 2.79 bits per heavy atom. The molecular formula is C21H20ClF2N7O2. The fourth-order valence-corrected chi connectivity index (χ4v) is 4.13. The molecule has 0 radical (unpaired) electrons. The average molecular weight is 476 g/mol. The molecule has 0 fully saturated rings. The molecule has 4 rings (SSSR count). The first-order valence-electron chi connectivity index (χ1n) is 9.90. The molecule has 3 heterocycles. The highest BCUT2D eigenvalue weighted by molar-refractivity contribution is 6.38. The third-order valence-corrected chi connectivity index (χ3v) is 5.93. The van der Waals surface area contributed by atoms with Gasteiger partial charge in [0.25, 0.3) is 5.91 Å². The Balaban J connectivity index is 1.70. The Morgan fingerprint density at radius 1 is 1.36 bits per heavy atom. The lowest BCUT2D eigenvalue weighted by Crippen LogP contribution is -2.52. The second-order valence-corrected chi connectivity index (χ2v) is 8.11. The SMILES string of the molecule is Cc1nn(C)c2ncc(C(=O)N[C@@H](C)[C@](O)(Cn3cncn3)c3ccc(F)cc3F)c(Cl)c12. The number of aromatic nitrogens is 6. The number of rotatable bonds is 6. The van der Waals surface area contributed by atoms with E-state index in [0.29, 0.717) is 22.8 Å². The summed E-state index contributed by atoms with van der Waals surface area (Å²) in [5.74, 6) is -2.40. The number of halogens is 3. The van der Waals surface area contributed by atoms with Crippen molar-refractivity contribution in [3.05, 3.63) is 70.5 Å². The maximum Gasteiger partial charge on any atom is 0.254 e. The van der Waals surface area contributed by atoms with E-state index in [0.717, 1.165) is 12.1 Å². The fourth-order valence-electron chi connectivity index (χ4n) is 3.78. The number of benzene rings is 1. The van der Waals surface area contributed by atoms with Gasteiger partial charge in [0.1, 0.15) is 29.9 Å². The third-order valence-electron chi connectivity index (χ3n) is 5.54. The summed E-state index contributed by atoms with van der Waals surface area (Å²) < 4.78 is 31.0. The fraction of sp³-hybridized carbons (Fsp3) is 0.286. The molecule has 0 aliphatic carbocycles. The largest absolute Gasteiger partial charge is 0.381 e. The Labute approximate surface area is 192 Å². The number of nitrogens with one attached hydrogen (secondary N) is 1. The molecule has 3 aromatic heterocycles. The minimum Gasteiger partial charge on any atom is -0.381 e. The highest BCUT2D eigenvalue weighted by Crippen LogP contribution is 2.32. The summed E-state index contributed by atoms with van der Waals surface area (Å²) >= 11 is 6.49. The van der Waals surface area contributed by atoms with E-state index in [2.05, 4.69) is 25.5 Å². The van der Waals surface area contributed by atoms with Crippen LogP contribution < -0.4 is 5.32 Å². The van der Waals surface area contributed by atoms with Crippen LogP contribution in [-0.2, 0) is 19.2 Å². The molecule has 0 aliphatic heterocycles. The minimum absolute atomic E-state index is 0.0646. The van der Waals surface area contributed by atoms with Crippen LogP contribution in [0.5, 0.6) is 0 Å². The Morgan fingerprint density at radius 2 is 2.12 bits per heavy atom. The molecular weight excluding hydrogens is 456 g/mol. The second-order valence-electron chi connectivity index (χ2n) is 7.73. The van der Waals surface area contributed by atoms with Gasteiger partial charge in [-0.15, -0.1) is 0 Å². The highest BCUT2D eigenvalue weighted by atomic mass is 35.5. The van der Waals surface area contributed by atoms with Crippen molar-refractivity contribution < 1.29 is 18.7 Å². The van der Waals surface area contributed by atoms with Crippen LogP contribution >= 0.6 is 11.6 Å². The van der Waals surface area contributed by atoms with Crippen LogP contribution in [0.2, 0.25) is 5.02 Å². The Bertz CT molecular complexity index is 1340. The number of nitrogens with zero attached hydrogens (tertiary/aromatic N) is 6. The molecule has 2 N–H and O–H groups in total. The lowest BCUT2D eigenvalue weighted by molar-refractivity contribution is -0.0186. The predicted octanol–water partition coefficient (Wildman–Crippen LogP) is 2.51. The van der Waals surface area contributed by atoms with Gasteiger partial charge >= 0.3 is 0 Å². The zero-order valence-corrected chi connectivity index (χ0v) is 18.7. The van der Waals surface area contributed by atoms with E-state index >= 15 is 0 Å². The summed E-state index contributed by atoms with van der Waals surface area (Å²) in [6, 6.07) is 1.76. The van der Waals surface area contributed by atoms with Gasteiger partial charge in [0, 0.05) is 24.9 Å². The molecule has 12 heteroatoms. The van der Waals surface area contributed by atoms with Crippen LogP contribution in [0.25, 0.3) is 11.0 Å². The maximum absolute atomic E-state index is 14.7. The number of fused-ring (bicyclic) bond motifs is 1. The number of aryl methyl sites for hydroxylation is 2. The number of carbonyl (C=O) groups is 1. The number of hydrogen-bond acceptors (Lipinski definition) is 6. The lowest BCUT2D eigenvalue weighted by Gasteiger charge is -2.35. The van der Waals surface area contributed by atoms with Crippen molar-refractivity contribution in [1.29, 1.82) is 0 Å². The molecule has 172 valence electrons. The van der Waals surface area contributed by atoms with Crippen LogP contribution in [0.4, 0.5) is 8.78 Å². The molecule has 0 spiro atoms. The molecule has 0 unspecified atom stereocenters. The molecule has 0 aliphatic rings. The van der Waals surface area contributed by atoms with Crippen LogP contribution in [0.1, 0.15) is 28.5 Å². The molecule has 9 nitrogen and oxygen atoms in total. The van der Waals surface area contributed by atoms with E-state index in [9.17, 15) is 18.7 Å². The number of hydrogen-bond donors (Lipinski definition) is 2. The topological polar surface area (TPSA) is 111 Å². The Hall–Kier alpha value is -3.44. The van der Waals surface area contributed by atoms with Crippen molar-refractivity contribution in [2.75, 3.05) is 0 Å². The van der Waals surface area contributed by atoms with Gasteiger partial charge in [-0.2, -0.15) is 10.2 Å². The van der Waals surface area contributed by atoms with Crippen molar-refractivity contribution >= 4 is 28.5 Å². The van der Waals surface area contributed by atoms with Crippen LogP contribution in [0.3, 0.4) is 0 Å². The second kappa shape index (κ2) is 8.49. The van der Waals surface area contributed by atoms with Crippen molar-refractivity contribution in [3.63, 3.8) is 0 Å². The van der Waals surface area contributed by atoms with E-state index in [4.69, 9.17) is 11.6 Å².